The number of hydrogen-bond acceptors (Lipinski definition) is 5. The van der Waals surface area contributed by atoms with Crippen LogP contribution in [0, 0.1) is 6.92 Å². The van der Waals surface area contributed by atoms with E-state index in [1.54, 1.807) is 0 Å². The highest BCUT2D eigenvalue weighted by Gasteiger charge is 2.17. The third-order valence-electron chi connectivity index (χ3n) is 1.76. The molecule has 1 rings (SSSR count). The first-order valence-corrected chi connectivity index (χ1v) is 5.67. The maximum Gasteiger partial charge on any atom is 0.488 e. The summed E-state index contributed by atoms with van der Waals surface area (Å²) >= 11 is 3.85. The Balaban J connectivity index is 3.35. The number of aromatic carboxylic acids is 1. The molecule has 0 saturated carbocycles. The van der Waals surface area contributed by atoms with Gasteiger partial charge in [-0.1, -0.05) is 3.89 Å². The number of thiol groups is 1. The van der Waals surface area contributed by atoms with E-state index in [0.717, 1.165) is 6.07 Å². The molecule has 0 aliphatic carbocycles. The van der Waals surface area contributed by atoms with Crippen molar-refractivity contribution in [1.29, 1.82) is 0 Å². The minimum absolute atomic E-state index is 0.00604. The molecule has 1 aromatic rings. The zero-order valence-electron chi connectivity index (χ0n) is 7.97. The lowest BCUT2D eigenvalue weighted by Crippen LogP contribution is -2.06. The Morgan fingerprint density at radius 3 is 2.50 bits per heavy atom. The maximum absolute atomic E-state index is 12.3. The number of hydrogen-bond donors (Lipinski definition) is 2. The first-order valence-electron chi connectivity index (χ1n) is 3.91. The second-order valence-electron chi connectivity index (χ2n) is 2.90. The van der Waals surface area contributed by atoms with Gasteiger partial charge < -0.3 is 9.29 Å². The molecule has 0 bridgehead atoms. The highest BCUT2D eigenvalue weighted by Crippen LogP contribution is 2.27. The molecule has 0 fully saturated rings. The molecule has 5 nitrogen and oxygen atoms in total. The van der Waals surface area contributed by atoms with Crippen molar-refractivity contribution in [2.45, 2.75) is 11.8 Å². The van der Waals surface area contributed by atoms with Gasteiger partial charge in [0.15, 0.2) is 0 Å². The third kappa shape index (κ3) is 3.11. The number of carbonyl (C=O) groups is 1. The summed E-state index contributed by atoms with van der Waals surface area (Å²) in [6.45, 7) is 1.30. The van der Waals surface area contributed by atoms with Crippen molar-refractivity contribution in [1.82, 2.24) is 0 Å². The maximum atomic E-state index is 12.3. The van der Waals surface area contributed by atoms with Gasteiger partial charge in [-0.05, 0) is 19.1 Å². The van der Waals surface area contributed by atoms with Gasteiger partial charge in [0, 0.05) is 10.5 Å². The number of carboxylic acid groups (broad SMARTS) is 1. The molecule has 0 spiro atoms. The van der Waals surface area contributed by atoms with Gasteiger partial charge in [-0.25, -0.2) is 4.79 Å². The van der Waals surface area contributed by atoms with E-state index < -0.39 is 22.2 Å². The Bertz CT molecular complexity index is 538. The van der Waals surface area contributed by atoms with Crippen molar-refractivity contribution < 1.29 is 26.4 Å². The fraction of sp³-hybridized carbons (Fsp3) is 0.125. The molecule has 0 radical (unpaired) electrons. The van der Waals surface area contributed by atoms with Crippen LogP contribution < -0.4 is 4.18 Å². The van der Waals surface area contributed by atoms with Crippen LogP contribution in [0.3, 0.4) is 0 Å². The van der Waals surface area contributed by atoms with E-state index in [1.807, 2.05) is 0 Å². The summed E-state index contributed by atoms with van der Waals surface area (Å²) in [6, 6.07) is 2.32. The molecular weight excluding hydrogens is 259 g/mol. The van der Waals surface area contributed by atoms with Crippen LogP contribution in [0.4, 0.5) is 3.89 Å². The Kier molecular flexibility index (Phi) is 3.44. The van der Waals surface area contributed by atoms with Gasteiger partial charge in [0.2, 0.25) is 0 Å². The number of rotatable bonds is 3. The van der Waals surface area contributed by atoms with Crippen LogP contribution in [0.15, 0.2) is 17.0 Å². The largest absolute Gasteiger partial charge is 0.488 e. The lowest BCUT2D eigenvalue weighted by atomic mass is 10.1. The smallest absolute Gasteiger partial charge is 0.478 e. The highest BCUT2D eigenvalue weighted by atomic mass is 32.3. The number of carboxylic acids is 1. The molecule has 0 unspecified atom stereocenters. The summed E-state index contributed by atoms with van der Waals surface area (Å²) in [6.07, 6.45) is 0. The highest BCUT2D eigenvalue weighted by molar-refractivity contribution is 7.81. The van der Waals surface area contributed by atoms with Crippen LogP contribution in [0.2, 0.25) is 0 Å². The topological polar surface area (TPSA) is 80.7 Å². The van der Waals surface area contributed by atoms with Crippen molar-refractivity contribution >= 4 is 29.1 Å². The van der Waals surface area contributed by atoms with Gasteiger partial charge in [-0.15, -0.1) is 12.6 Å². The SMILES string of the molecule is Cc1c(OS(=O)(=O)F)cc(S)cc1C(=O)O. The number of halogens is 1. The van der Waals surface area contributed by atoms with Crippen molar-refractivity contribution in [3.8, 4) is 5.75 Å². The van der Waals surface area contributed by atoms with Crippen molar-refractivity contribution in [3.05, 3.63) is 23.3 Å². The standard InChI is InChI=1S/C8H7FO5S2/c1-4-6(8(10)11)2-5(15)3-7(4)14-16(9,12)13/h2-3,15H,1H3,(H,10,11). The Labute approximate surface area is 96.7 Å². The van der Waals surface area contributed by atoms with E-state index in [0.29, 0.717) is 0 Å². The Hall–Kier alpha value is -1.28. The summed E-state index contributed by atoms with van der Waals surface area (Å²) in [7, 11) is -5.19. The Morgan fingerprint density at radius 2 is 2.06 bits per heavy atom. The summed E-state index contributed by atoms with van der Waals surface area (Å²) in [5.74, 6) is -1.68. The molecule has 1 aromatic carbocycles. The van der Waals surface area contributed by atoms with E-state index in [1.165, 1.54) is 13.0 Å². The van der Waals surface area contributed by atoms with Crippen LogP contribution in [0.1, 0.15) is 15.9 Å². The molecule has 16 heavy (non-hydrogen) atoms. The molecule has 0 aromatic heterocycles. The van der Waals surface area contributed by atoms with Gasteiger partial charge >= 0.3 is 16.5 Å². The van der Waals surface area contributed by atoms with Gasteiger partial charge in [0.1, 0.15) is 5.75 Å². The van der Waals surface area contributed by atoms with Crippen LogP contribution in [-0.4, -0.2) is 19.5 Å². The normalized spacial score (nSPS) is 11.2. The minimum atomic E-state index is -5.19. The molecule has 0 saturated heterocycles. The predicted octanol–water partition coefficient (Wildman–Crippen LogP) is 1.58. The van der Waals surface area contributed by atoms with E-state index in [9.17, 15) is 17.1 Å². The predicted molar refractivity (Wildman–Crippen MR) is 56.0 cm³/mol. The molecule has 0 atom stereocenters. The van der Waals surface area contributed by atoms with Gasteiger partial charge in [0.25, 0.3) is 0 Å². The second kappa shape index (κ2) is 4.30. The third-order valence-corrected chi connectivity index (χ3v) is 2.40. The quantitative estimate of drug-likeness (QED) is 0.641. The van der Waals surface area contributed by atoms with Crippen molar-refractivity contribution in [2.24, 2.45) is 0 Å². The van der Waals surface area contributed by atoms with Crippen molar-refractivity contribution in [3.63, 3.8) is 0 Å². The van der Waals surface area contributed by atoms with Gasteiger partial charge in [0.05, 0.1) is 5.56 Å². The van der Waals surface area contributed by atoms with Crippen molar-refractivity contribution in [2.75, 3.05) is 0 Å². The molecule has 0 aliphatic heterocycles. The fourth-order valence-corrected chi connectivity index (χ4v) is 1.72. The van der Waals surface area contributed by atoms with E-state index in [-0.39, 0.29) is 16.0 Å². The first kappa shape index (κ1) is 12.8. The van der Waals surface area contributed by atoms with E-state index in [4.69, 9.17) is 5.11 Å². The molecule has 1 N–H and O–H groups in total. The Morgan fingerprint density at radius 1 is 1.50 bits per heavy atom. The van der Waals surface area contributed by atoms with Gasteiger partial charge in [-0.2, -0.15) is 8.42 Å². The summed E-state index contributed by atoms with van der Waals surface area (Å²) in [5.41, 5.74) is -0.197. The fourth-order valence-electron chi connectivity index (χ4n) is 1.09. The molecule has 8 heteroatoms. The van der Waals surface area contributed by atoms with Crippen LogP contribution in [0.25, 0.3) is 0 Å². The summed E-state index contributed by atoms with van der Waals surface area (Å²) < 4.78 is 36.9. The molecule has 88 valence electrons. The monoisotopic (exact) mass is 266 g/mol. The first-order chi connectivity index (χ1) is 7.20. The molecular formula is C8H7FO5S2. The van der Waals surface area contributed by atoms with Crippen LogP contribution in [-0.2, 0) is 10.5 Å². The van der Waals surface area contributed by atoms with Gasteiger partial charge in [-0.3, -0.25) is 0 Å². The summed E-state index contributed by atoms with van der Waals surface area (Å²) in [4.78, 5) is 10.9. The lowest BCUT2D eigenvalue weighted by molar-refractivity contribution is 0.0695. The minimum Gasteiger partial charge on any atom is -0.478 e. The zero-order chi connectivity index (χ0) is 12.5. The average Bonchev–Trinajstić information content (AvgIpc) is 2.07. The van der Waals surface area contributed by atoms with Crippen LogP contribution >= 0.6 is 12.6 Å². The summed E-state index contributed by atoms with van der Waals surface area (Å²) in [5, 5.41) is 8.78. The number of benzene rings is 1. The van der Waals surface area contributed by atoms with E-state index in [2.05, 4.69) is 16.8 Å². The average molecular weight is 266 g/mol. The molecule has 0 aliphatic rings. The van der Waals surface area contributed by atoms with Crippen LogP contribution in [0.5, 0.6) is 5.75 Å². The second-order valence-corrected chi connectivity index (χ2v) is 4.37. The lowest BCUT2D eigenvalue weighted by Gasteiger charge is -2.08. The zero-order valence-corrected chi connectivity index (χ0v) is 9.68. The van der Waals surface area contributed by atoms with E-state index >= 15 is 0 Å². The molecule has 0 amide bonds. The molecule has 0 heterocycles.